The molecule has 2 rings (SSSR count). The Labute approximate surface area is 145 Å². The van der Waals surface area contributed by atoms with E-state index in [4.69, 9.17) is 16.7 Å². The van der Waals surface area contributed by atoms with Gasteiger partial charge in [0.05, 0.1) is 10.7 Å². The van der Waals surface area contributed by atoms with Gasteiger partial charge in [0.1, 0.15) is 6.04 Å². The fourth-order valence-electron chi connectivity index (χ4n) is 2.75. The molecule has 1 saturated heterocycles. The first-order valence-electron chi connectivity index (χ1n) is 8.06. The maximum Gasteiger partial charge on any atom is 0.303 e. The summed E-state index contributed by atoms with van der Waals surface area (Å²) < 4.78 is 0. The normalized spacial score (nSPS) is 17.6. The van der Waals surface area contributed by atoms with E-state index in [2.05, 4.69) is 5.32 Å². The van der Waals surface area contributed by atoms with Crippen LogP contribution in [0.2, 0.25) is 5.02 Å². The van der Waals surface area contributed by atoms with Gasteiger partial charge >= 0.3 is 5.97 Å². The lowest BCUT2D eigenvalue weighted by molar-refractivity contribution is -0.137. The summed E-state index contributed by atoms with van der Waals surface area (Å²) >= 11 is 6.16. The van der Waals surface area contributed by atoms with Crippen molar-refractivity contribution in [3.63, 3.8) is 0 Å². The van der Waals surface area contributed by atoms with Gasteiger partial charge in [0.2, 0.25) is 11.8 Å². The van der Waals surface area contributed by atoms with Crippen molar-refractivity contribution in [3.8, 4) is 0 Å². The number of hydrogen-bond acceptors (Lipinski definition) is 3. The third-order valence-corrected chi connectivity index (χ3v) is 4.28. The molecule has 0 aromatic heterocycles. The molecule has 1 fully saturated rings. The zero-order valence-electron chi connectivity index (χ0n) is 13.3. The first-order valence-corrected chi connectivity index (χ1v) is 8.44. The highest BCUT2D eigenvalue weighted by molar-refractivity contribution is 6.33. The van der Waals surface area contributed by atoms with Crippen LogP contribution in [-0.4, -0.2) is 35.5 Å². The lowest BCUT2D eigenvalue weighted by Gasteiger charge is -2.33. The number of carbonyl (C=O) groups is 3. The molecule has 2 amide bonds. The van der Waals surface area contributed by atoms with E-state index in [0.29, 0.717) is 36.5 Å². The summed E-state index contributed by atoms with van der Waals surface area (Å²) in [5.41, 5.74) is 0.657. The van der Waals surface area contributed by atoms with Gasteiger partial charge in [-0.3, -0.25) is 14.4 Å². The van der Waals surface area contributed by atoms with Gasteiger partial charge in [0.25, 0.3) is 0 Å². The van der Waals surface area contributed by atoms with Gasteiger partial charge in [-0.15, -0.1) is 0 Å². The quantitative estimate of drug-likeness (QED) is 0.738. The fourth-order valence-corrected chi connectivity index (χ4v) is 2.99. The first-order chi connectivity index (χ1) is 11.5. The molecule has 1 aromatic carbocycles. The van der Waals surface area contributed by atoms with E-state index in [0.717, 1.165) is 6.42 Å². The number of para-hydroxylation sites is 1. The second-order valence-corrected chi connectivity index (χ2v) is 6.21. The van der Waals surface area contributed by atoms with Crippen molar-refractivity contribution in [2.45, 2.75) is 44.6 Å². The van der Waals surface area contributed by atoms with E-state index in [1.165, 1.54) is 0 Å². The number of carboxylic acids is 1. The molecule has 0 aliphatic carbocycles. The van der Waals surface area contributed by atoms with E-state index >= 15 is 0 Å². The molecule has 1 atom stereocenters. The van der Waals surface area contributed by atoms with Crippen LogP contribution < -0.4 is 10.2 Å². The summed E-state index contributed by atoms with van der Waals surface area (Å²) in [6, 6.07) is 6.59. The third-order valence-electron chi connectivity index (χ3n) is 3.96. The molecule has 0 spiro atoms. The van der Waals surface area contributed by atoms with Crippen molar-refractivity contribution in [2.75, 3.05) is 11.4 Å². The number of hydrogen-bond donors (Lipinski definition) is 2. The average Bonchev–Trinajstić information content (AvgIpc) is 2.54. The van der Waals surface area contributed by atoms with Crippen LogP contribution in [-0.2, 0) is 14.4 Å². The van der Waals surface area contributed by atoms with Crippen molar-refractivity contribution in [3.05, 3.63) is 29.3 Å². The standard InChI is InChI=1S/C17H21ClN2O4/c18-12-6-1-2-8-14(12)20-11-5-7-13(17(20)24)19-15(21)9-3-4-10-16(22)23/h1-2,6,8,13H,3-5,7,9-11H2,(H,19,21)(H,22,23). The lowest BCUT2D eigenvalue weighted by atomic mass is 10.0. The highest BCUT2D eigenvalue weighted by Crippen LogP contribution is 2.28. The summed E-state index contributed by atoms with van der Waals surface area (Å²) in [4.78, 5) is 36.6. The van der Waals surface area contributed by atoms with Gasteiger partial charge in [-0.05, 0) is 37.8 Å². The van der Waals surface area contributed by atoms with Gasteiger partial charge in [-0.1, -0.05) is 23.7 Å². The molecule has 1 aliphatic heterocycles. The van der Waals surface area contributed by atoms with Crippen molar-refractivity contribution < 1.29 is 19.5 Å². The SMILES string of the molecule is O=C(O)CCCCC(=O)NC1CCCN(c2ccccc2Cl)C1=O. The number of amides is 2. The van der Waals surface area contributed by atoms with Gasteiger partial charge in [-0.25, -0.2) is 0 Å². The van der Waals surface area contributed by atoms with E-state index in [-0.39, 0.29) is 24.7 Å². The van der Waals surface area contributed by atoms with E-state index in [9.17, 15) is 14.4 Å². The van der Waals surface area contributed by atoms with Crippen molar-refractivity contribution >= 4 is 35.1 Å². The number of carboxylic acid groups (broad SMARTS) is 1. The molecule has 0 saturated carbocycles. The van der Waals surface area contributed by atoms with Crippen LogP contribution in [0.4, 0.5) is 5.69 Å². The summed E-state index contributed by atoms with van der Waals surface area (Å²) in [5, 5.41) is 11.8. The monoisotopic (exact) mass is 352 g/mol. The minimum atomic E-state index is -0.867. The number of anilines is 1. The molecule has 130 valence electrons. The molecular weight excluding hydrogens is 332 g/mol. The van der Waals surface area contributed by atoms with Crippen LogP contribution in [0.3, 0.4) is 0 Å². The molecule has 1 aliphatic rings. The van der Waals surface area contributed by atoms with Crippen LogP contribution >= 0.6 is 11.6 Å². The largest absolute Gasteiger partial charge is 0.481 e. The molecule has 1 aromatic rings. The number of piperidine rings is 1. The maximum atomic E-state index is 12.6. The molecule has 1 heterocycles. The molecular formula is C17H21ClN2O4. The minimum absolute atomic E-state index is 0.0515. The number of carbonyl (C=O) groups excluding carboxylic acids is 2. The molecule has 0 bridgehead atoms. The number of aliphatic carboxylic acids is 1. The zero-order valence-corrected chi connectivity index (χ0v) is 14.1. The second-order valence-electron chi connectivity index (χ2n) is 5.80. The maximum absolute atomic E-state index is 12.6. The number of unbranched alkanes of at least 4 members (excludes halogenated alkanes) is 1. The minimum Gasteiger partial charge on any atom is -0.481 e. The molecule has 1 unspecified atom stereocenters. The van der Waals surface area contributed by atoms with Crippen LogP contribution in [0.5, 0.6) is 0 Å². The van der Waals surface area contributed by atoms with Crippen molar-refractivity contribution in [1.29, 1.82) is 0 Å². The summed E-state index contributed by atoms with van der Waals surface area (Å²) in [6.07, 6.45) is 2.60. The van der Waals surface area contributed by atoms with Crippen molar-refractivity contribution in [1.82, 2.24) is 5.32 Å². The molecule has 6 nitrogen and oxygen atoms in total. The Morgan fingerprint density at radius 3 is 2.67 bits per heavy atom. The summed E-state index contributed by atoms with van der Waals surface area (Å²) in [5.74, 6) is -1.25. The van der Waals surface area contributed by atoms with Crippen LogP contribution in [0.25, 0.3) is 0 Å². The van der Waals surface area contributed by atoms with Crippen molar-refractivity contribution in [2.24, 2.45) is 0 Å². The van der Waals surface area contributed by atoms with Crippen LogP contribution in [0.1, 0.15) is 38.5 Å². The third kappa shape index (κ3) is 4.96. The Hall–Kier alpha value is -2.08. The van der Waals surface area contributed by atoms with Gasteiger partial charge in [0, 0.05) is 19.4 Å². The number of nitrogens with zero attached hydrogens (tertiary/aromatic N) is 1. The van der Waals surface area contributed by atoms with Gasteiger partial charge in [-0.2, -0.15) is 0 Å². The predicted molar refractivity (Wildman–Crippen MR) is 91.1 cm³/mol. The Morgan fingerprint density at radius 1 is 1.25 bits per heavy atom. The lowest BCUT2D eigenvalue weighted by Crippen LogP contribution is -2.52. The Balaban J connectivity index is 1.89. The number of rotatable bonds is 7. The predicted octanol–water partition coefficient (Wildman–Crippen LogP) is 2.60. The number of halogens is 1. The number of benzene rings is 1. The summed E-state index contributed by atoms with van der Waals surface area (Å²) in [6.45, 7) is 0.577. The molecule has 2 N–H and O–H groups in total. The smallest absolute Gasteiger partial charge is 0.303 e. The Bertz CT molecular complexity index is 620. The topological polar surface area (TPSA) is 86.7 Å². The van der Waals surface area contributed by atoms with Gasteiger partial charge in [0.15, 0.2) is 0 Å². The Morgan fingerprint density at radius 2 is 1.96 bits per heavy atom. The van der Waals surface area contributed by atoms with E-state index in [1.807, 2.05) is 6.07 Å². The Kier molecular flexibility index (Phi) is 6.61. The van der Waals surface area contributed by atoms with E-state index in [1.54, 1.807) is 23.1 Å². The highest BCUT2D eigenvalue weighted by Gasteiger charge is 2.31. The summed E-state index contributed by atoms with van der Waals surface area (Å²) in [7, 11) is 0. The molecule has 0 radical (unpaired) electrons. The fraction of sp³-hybridized carbons (Fsp3) is 0.471. The van der Waals surface area contributed by atoms with Gasteiger partial charge < -0.3 is 15.3 Å². The zero-order chi connectivity index (χ0) is 17.5. The second kappa shape index (κ2) is 8.68. The van der Waals surface area contributed by atoms with Crippen LogP contribution in [0, 0.1) is 0 Å². The van der Waals surface area contributed by atoms with Crippen LogP contribution in [0.15, 0.2) is 24.3 Å². The number of nitrogens with one attached hydrogen (secondary N) is 1. The average molecular weight is 353 g/mol. The first kappa shape index (κ1) is 18.3. The highest BCUT2D eigenvalue weighted by atomic mass is 35.5. The molecule has 7 heteroatoms. The molecule has 24 heavy (non-hydrogen) atoms. The van der Waals surface area contributed by atoms with E-state index < -0.39 is 12.0 Å².